The molecule has 1 atom stereocenters. The number of rotatable bonds is 9. The molecule has 0 spiro atoms. The summed E-state index contributed by atoms with van der Waals surface area (Å²) >= 11 is 0. The highest BCUT2D eigenvalue weighted by Gasteiger charge is 2.07. The maximum absolute atomic E-state index is 11.8. The van der Waals surface area contributed by atoms with Crippen molar-refractivity contribution in [1.29, 1.82) is 0 Å². The van der Waals surface area contributed by atoms with Crippen LogP contribution in [0, 0.1) is 5.92 Å². The molecule has 116 valence electrons. The number of phenols is 1. The Balaban J connectivity index is 2.17. The molecule has 0 radical (unpaired) electrons. The summed E-state index contributed by atoms with van der Waals surface area (Å²) in [6.07, 6.45) is 5.49. The Kier molecular flexibility index (Phi) is 7.76. The summed E-state index contributed by atoms with van der Waals surface area (Å²) in [4.78, 5) is 11.8. The largest absolute Gasteiger partial charge is 0.508 e. The summed E-state index contributed by atoms with van der Waals surface area (Å²) in [5.74, 6) is 0.717. The summed E-state index contributed by atoms with van der Waals surface area (Å²) in [5, 5.41) is 9.17. The second-order valence-electron chi connectivity index (χ2n) is 5.78. The Morgan fingerprint density at radius 2 is 1.90 bits per heavy atom. The zero-order chi connectivity index (χ0) is 15.7. The maximum atomic E-state index is 11.8. The van der Waals surface area contributed by atoms with Crippen LogP contribution in [0.15, 0.2) is 35.9 Å². The lowest BCUT2D eigenvalue weighted by atomic mass is 10.0. The molecule has 0 bridgehead atoms. The minimum Gasteiger partial charge on any atom is -0.508 e. The van der Waals surface area contributed by atoms with E-state index in [-0.39, 0.29) is 18.1 Å². The van der Waals surface area contributed by atoms with Crippen molar-refractivity contribution in [2.45, 2.75) is 40.0 Å². The molecule has 1 rings (SSSR count). The van der Waals surface area contributed by atoms with Crippen molar-refractivity contribution < 1.29 is 14.6 Å². The molecule has 1 unspecified atom stereocenters. The Morgan fingerprint density at radius 3 is 2.52 bits per heavy atom. The third kappa shape index (κ3) is 7.66. The fourth-order valence-electron chi connectivity index (χ4n) is 1.98. The Hall–Kier alpha value is -1.61. The predicted molar refractivity (Wildman–Crippen MR) is 85.7 cm³/mol. The number of ether oxygens (including phenoxy) is 1. The van der Waals surface area contributed by atoms with Gasteiger partial charge < -0.3 is 9.84 Å². The lowest BCUT2D eigenvalue weighted by Gasteiger charge is -2.10. The summed E-state index contributed by atoms with van der Waals surface area (Å²) in [7, 11) is 0. The van der Waals surface area contributed by atoms with Crippen molar-refractivity contribution in [3.05, 3.63) is 41.5 Å². The molecule has 0 aliphatic carbocycles. The highest BCUT2D eigenvalue weighted by molar-refractivity contribution is 5.97. The first-order valence-electron chi connectivity index (χ1n) is 7.52. The molecule has 0 amide bonds. The van der Waals surface area contributed by atoms with Crippen molar-refractivity contribution in [2.75, 3.05) is 13.2 Å². The average Bonchev–Trinajstić information content (AvgIpc) is 2.43. The van der Waals surface area contributed by atoms with E-state index >= 15 is 0 Å². The van der Waals surface area contributed by atoms with Crippen LogP contribution in [0.3, 0.4) is 0 Å². The number of Topliss-reactive ketones (excluding diaryl/α,β-unsaturated/α-hetero) is 1. The summed E-state index contributed by atoms with van der Waals surface area (Å²) in [5.41, 5.74) is 1.93. The van der Waals surface area contributed by atoms with Gasteiger partial charge in [0.2, 0.25) is 0 Å². The molecular formula is C18H26O3. The highest BCUT2D eigenvalue weighted by atomic mass is 16.5. The van der Waals surface area contributed by atoms with E-state index in [4.69, 9.17) is 4.74 Å². The first kappa shape index (κ1) is 17.4. The standard InChI is InChI=1S/C18H26O3/c1-14(2)5-4-6-15(3)11-12-21-13-18(20)16-7-9-17(19)10-8-16/h5,7-10,15,19H,4,6,11-13H2,1-3H3. The molecular weight excluding hydrogens is 264 g/mol. The number of phenolic OH excluding ortho intramolecular Hbond substituents is 1. The van der Waals surface area contributed by atoms with Crippen molar-refractivity contribution in [3.8, 4) is 5.75 Å². The summed E-state index contributed by atoms with van der Waals surface area (Å²) in [6, 6.07) is 6.25. The van der Waals surface area contributed by atoms with Crippen molar-refractivity contribution in [3.63, 3.8) is 0 Å². The molecule has 0 fully saturated rings. The van der Waals surface area contributed by atoms with E-state index in [1.54, 1.807) is 12.1 Å². The molecule has 0 aliphatic heterocycles. The quantitative estimate of drug-likeness (QED) is 0.417. The fraction of sp³-hybridized carbons (Fsp3) is 0.500. The van der Waals surface area contributed by atoms with E-state index in [9.17, 15) is 9.90 Å². The number of hydrogen-bond donors (Lipinski definition) is 1. The first-order valence-corrected chi connectivity index (χ1v) is 7.52. The van der Waals surface area contributed by atoms with Crippen LogP contribution in [0.5, 0.6) is 5.75 Å². The number of benzene rings is 1. The van der Waals surface area contributed by atoms with Crippen LogP contribution in [0.2, 0.25) is 0 Å². The van der Waals surface area contributed by atoms with Crippen LogP contribution in [0.25, 0.3) is 0 Å². The van der Waals surface area contributed by atoms with Gasteiger partial charge in [0.1, 0.15) is 12.4 Å². The van der Waals surface area contributed by atoms with E-state index < -0.39 is 0 Å². The van der Waals surface area contributed by atoms with Crippen LogP contribution in [0.4, 0.5) is 0 Å². The van der Waals surface area contributed by atoms with E-state index in [0.717, 1.165) is 19.3 Å². The lowest BCUT2D eigenvalue weighted by molar-refractivity contribution is 0.0734. The molecule has 0 saturated heterocycles. The number of carbonyl (C=O) groups excluding carboxylic acids is 1. The minimum absolute atomic E-state index is 0.0489. The molecule has 0 heterocycles. The highest BCUT2D eigenvalue weighted by Crippen LogP contribution is 2.13. The van der Waals surface area contributed by atoms with Crippen LogP contribution in [-0.2, 0) is 4.74 Å². The molecule has 3 nitrogen and oxygen atoms in total. The number of aromatic hydroxyl groups is 1. The minimum atomic E-state index is -0.0489. The van der Waals surface area contributed by atoms with Crippen LogP contribution >= 0.6 is 0 Å². The number of allylic oxidation sites excluding steroid dienone is 2. The number of hydrogen-bond acceptors (Lipinski definition) is 3. The zero-order valence-corrected chi connectivity index (χ0v) is 13.3. The zero-order valence-electron chi connectivity index (χ0n) is 13.3. The molecule has 1 aromatic carbocycles. The Morgan fingerprint density at radius 1 is 1.24 bits per heavy atom. The van der Waals surface area contributed by atoms with Gasteiger partial charge in [-0.2, -0.15) is 0 Å². The lowest BCUT2D eigenvalue weighted by Crippen LogP contribution is -2.11. The van der Waals surface area contributed by atoms with Gasteiger partial charge in [-0.1, -0.05) is 18.6 Å². The first-order chi connectivity index (χ1) is 9.99. The van der Waals surface area contributed by atoms with Gasteiger partial charge in [0.05, 0.1) is 0 Å². The molecule has 3 heteroatoms. The second kappa shape index (κ2) is 9.35. The molecule has 1 N–H and O–H groups in total. The van der Waals surface area contributed by atoms with Gasteiger partial charge in [-0.25, -0.2) is 0 Å². The van der Waals surface area contributed by atoms with Gasteiger partial charge in [0.15, 0.2) is 5.78 Å². The fourth-order valence-corrected chi connectivity index (χ4v) is 1.98. The van der Waals surface area contributed by atoms with E-state index in [1.165, 1.54) is 17.7 Å². The SMILES string of the molecule is CC(C)=CCCC(C)CCOCC(=O)c1ccc(O)cc1. The summed E-state index contributed by atoms with van der Waals surface area (Å²) < 4.78 is 5.45. The molecule has 0 aliphatic rings. The van der Waals surface area contributed by atoms with Gasteiger partial charge >= 0.3 is 0 Å². The van der Waals surface area contributed by atoms with Crippen LogP contribution in [0.1, 0.15) is 50.4 Å². The average molecular weight is 290 g/mol. The van der Waals surface area contributed by atoms with Gasteiger partial charge in [-0.05, 0) is 63.3 Å². The number of ketones is 1. The monoisotopic (exact) mass is 290 g/mol. The van der Waals surface area contributed by atoms with E-state index in [1.807, 2.05) is 0 Å². The van der Waals surface area contributed by atoms with Gasteiger partial charge in [0.25, 0.3) is 0 Å². The van der Waals surface area contributed by atoms with Gasteiger partial charge in [0, 0.05) is 12.2 Å². The molecule has 0 aromatic heterocycles. The molecule has 0 saturated carbocycles. The Bertz CT molecular complexity index is 456. The van der Waals surface area contributed by atoms with Crippen molar-refractivity contribution >= 4 is 5.78 Å². The molecule has 21 heavy (non-hydrogen) atoms. The number of carbonyl (C=O) groups is 1. The third-order valence-corrected chi connectivity index (χ3v) is 3.39. The third-order valence-electron chi connectivity index (χ3n) is 3.39. The van der Waals surface area contributed by atoms with E-state index in [0.29, 0.717) is 18.1 Å². The van der Waals surface area contributed by atoms with Crippen LogP contribution in [-0.4, -0.2) is 24.1 Å². The van der Waals surface area contributed by atoms with Gasteiger partial charge in [-0.15, -0.1) is 0 Å². The van der Waals surface area contributed by atoms with Crippen LogP contribution < -0.4 is 0 Å². The normalized spacial score (nSPS) is 12.0. The topological polar surface area (TPSA) is 46.5 Å². The Labute approximate surface area is 127 Å². The predicted octanol–water partition coefficient (Wildman–Crippen LogP) is 4.36. The second-order valence-corrected chi connectivity index (χ2v) is 5.78. The van der Waals surface area contributed by atoms with Crippen molar-refractivity contribution in [1.82, 2.24) is 0 Å². The molecule has 1 aromatic rings. The van der Waals surface area contributed by atoms with E-state index in [2.05, 4.69) is 26.8 Å². The summed E-state index contributed by atoms with van der Waals surface area (Å²) in [6.45, 7) is 7.15. The maximum Gasteiger partial charge on any atom is 0.188 e. The van der Waals surface area contributed by atoms with Gasteiger partial charge in [-0.3, -0.25) is 4.79 Å². The van der Waals surface area contributed by atoms with Crippen molar-refractivity contribution in [2.24, 2.45) is 5.92 Å². The smallest absolute Gasteiger partial charge is 0.188 e.